The van der Waals surface area contributed by atoms with Crippen LogP contribution in [0.5, 0.6) is 0 Å². The van der Waals surface area contributed by atoms with E-state index in [0.29, 0.717) is 6.04 Å². The lowest BCUT2D eigenvalue weighted by Gasteiger charge is -2.38. The molecule has 1 aliphatic heterocycles. The predicted octanol–water partition coefficient (Wildman–Crippen LogP) is 0.879. The van der Waals surface area contributed by atoms with Gasteiger partial charge in [0.05, 0.1) is 0 Å². The zero-order valence-electron chi connectivity index (χ0n) is 14.5. The quantitative estimate of drug-likeness (QED) is 0.789. The van der Waals surface area contributed by atoms with Crippen LogP contribution >= 0.6 is 0 Å². The molecule has 2 aliphatic rings. The molecule has 1 aliphatic carbocycles. The lowest BCUT2D eigenvalue weighted by molar-refractivity contribution is 0.0464. The summed E-state index contributed by atoms with van der Waals surface area (Å²) in [7, 11) is 2.18. The molecule has 0 atom stereocenters. The Balaban J connectivity index is 1.50. The number of ether oxygens (including phenoxy) is 1. The number of carbonyl (C=O) groups excluding carboxylic acids is 1. The van der Waals surface area contributed by atoms with Gasteiger partial charge in [-0.15, -0.1) is 0 Å². The van der Waals surface area contributed by atoms with Gasteiger partial charge in [0.25, 0.3) is 0 Å². The summed E-state index contributed by atoms with van der Waals surface area (Å²) in [5.74, 6) is 0. The maximum absolute atomic E-state index is 11.7. The first-order chi connectivity index (χ1) is 10.3. The highest BCUT2D eigenvalue weighted by molar-refractivity contribution is 5.68. The molecule has 1 saturated carbocycles. The summed E-state index contributed by atoms with van der Waals surface area (Å²) >= 11 is 0. The summed E-state index contributed by atoms with van der Waals surface area (Å²) in [5.41, 5.74) is -0.423. The fraction of sp³-hybridized carbons (Fsp3) is 0.938. The third-order valence-electron chi connectivity index (χ3n) is 4.32. The number of amides is 1. The smallest absolute Gasteiger partial charge is 0.407 e. The molecule has 6 heteroatoms. The normalized spacial score (nSPS) is 27.3. The number of likely N-dealkylation sites (N-methyl/N-ethyl adjacent to an activating group) is 1. The molecule has 1 amide bonds. The molecule has 0 aromatic rings. The van der Waals surface area contributed by atoms with Gasteiger partial charge < -0.3 is 20.3 Å². The molecule has 128 valence electrons. The van der Waals surface area contributed by atoms with Crippen molar-refractivity contribution in [2.24, 2.45) is 0 Å². The van der Waals surface area contributed by atoms with Gasteiger partial charge >= 0.3 is 6.09 Å². The Hall–Kier alpha value is -0.850. The summed E-state index contributed by atoms with van der Waals surface area (Å²) in [5, 5.41) is 6.51. The molecule has 1 saturated heterocycles. The van der Waals surface area contributed by atoms with Gasteiger partial charge in [0, 0.05) is 51.4 Å². The summed E-state index contributed by atoms with van der Waals surface area (Å²) in [6.45, 7) is 12.5. The van der Waals surface area contributed by atoms with Crippen LogP contribution < -0.4 is 10.6 Å². The second-order valence-corrected chi connectivity index (χ2v) is 7.61. The molecule has 0 aromatic carbocycles. The van der Waals surface area contributed by atoms with Crippen LogP contribution in [0.25, 0.3) is 0 Å². The summed E-state index contributed by atoms with van der Waals surface area (Å²) in [4.78, 5) is 16.5. The van der Waals surface area contributed by atoms with E-state index in [1.807, 2.05) is 20.8 Å². The van der Waals surface area contributed by atoms with E-state index in [1.165, 1.54) is 26.2 Å². The molecule has 0 radical (unpaired) electrons. The first-order valence-corrected chi connectivity index (χ1v) is 8.45. The predicted molar refractivity (Wildman–Crippen MR) is 88.1 cm³/mol. The van der Waals surface area contributed by atoms with E-state index in [2.05, 4.69) is 27.5 Å². The Morgan fingerprint density at radius 3 is 2.36 bits per heavy atom. The van der Waals surface area contributed by atoms with E-state index in [4.69, 9.17) is 4.74 Å². The topological polar surface area (TPSA) is 56.8 Å². The van der Waals surface area contributed by atoms with Crippen molar-refractivity contribution in [1.82, 2.24) is 20.4 Å². The lowest BCUT2D eigenvalue weighted by atomic mass is 9.87. The highest BCUT2D eigenvalue weighted by Gasteiger charge is 2.31. The Morgan fingerprint density at radius 2 is 1.77 bits per heavy atom. The highest BCUT2D eigenvalue weighted by atomic mass is 16.6. The number of nitrogens with one attached hydrogen (secondary N) is 2. The molecule has 0 bridgehead atoms. The number of hydrogen-bond donors (Lipinski definition) is 2. The summed E-state index contributed by atoms with van der Waals surface area (Å²) in [6, 6.07) is 0.795. The van der Waals surface area contributed by atoms with Gasteiger partial charge in [-0.3, -0.25) is 4.90 Å². The zero-order chi connectivity index (χ0) is 16.2. The first-order valence-electron chi connectivity index (χ1n) is 8.45. The van der Waals surface area contributed by atoms with Crippen LogP contribution in [-0.2, 0) is 4.74 Å². The van der Waals surface area contributed by atoms with Crippen LogP contribution in [-0.4, -0.2) is 79.9 Å². The number of hydrogen-bond acceptors (Lipinski definition) is 5. The number of carbonyl (C=O) groups is 1. The van der Waals surface area contributed by atoms with Gasteiger partial charge in [-0.05, 0) is 40.7 Å². The second kappa shape index (κ2) is 7.62. The number of nitrogens with zero attached hydrogens (tertiary/aromatic N) is 2. The van der Waals surface area contributed by atoms with Crippen LogP contribution in [0.3, 0.4) is 0 Å². The third kappa shape index (κ3) is 6.10. The molecule has 1 heterocycles. The second-order valence-electron chi connectivity index (χ2n) is 7.61. The van der Waals surface area contributed by atoms with Crippen molar-refractivity contribution in [2.75, 3.05) is 46.3 Å². The molecular weight excluding hydrogens is 280 g/mol. The van der Waals surface area contributed by atoms with Crippen molar-refractivity contribution in [3.63, 3.8) is 0 Å². The zero-order valence-corrected chi connectivity index (χ0v) is 14.5. The molecule has 2 N–H and O–H groups in total. The highest BCUT2D eigenvalue weighted by Crippen LogP contribution is 2.20. The van der Waals surface area contributed by atoms with Crippen molar-refractivity contribution < 1.29 is 9.53 Å². The number of rotatable bonds is 5. The standard InChI is InChI=1S/C16H32N4O2/c1-16(2,3)22-15(21)18-14-11-13(12-14)17-5-6-20-9-7-19(4)8-10-20/h13-14,17H,5-12H2,1-4H3,(H,18,21). The minimum atomic E-state index is -0.423. The van der Waals surface area contributed by atoms with E-state index in [1.54, 1.807) is 0 Å². The Kier molecular flexibility index (Phi) is 6.06. The SMILES string of the molecule is CN1CCN(CCNC2CC(NC(=O)OC(C)(C)C)C2)CC1. The molecular formula is C16H32N4O2. The molecule has 6 nitrogen and oxygen atoms in total. The largest absolute Gasteiger partial charge is 0.444 e. The average molecular weight is 312 g/mol. The number of piperazine rings is 1. The van der Waals surface area contributed by atoms with Gasteiger partial charge in [0.1, 0.15) is 5.60 Å². The van der Waals surface area contributed by atoms with Crippen molar-refractivity contribution in [3.05, 3.63) is 0 Å². The van der Waals surface area contributed by atoms with Gasteiger partial charge in [-0.1, -0.05) is 0 Å². The molecule has 22 heavy (non-hydrogen) atoms. The average Bonchev–Trinajstić information content (AvgIpc) is 2.35. The summed E-state index contributed by atoms with van der Waals surface area (Å²) < 4.78 is 5.27. The minimum Gasteiger partial charge on any atom is -0.444 e. The third-order valence-corrected chi connectivity index (χ3v) is 4.32. The fourth-order valence-electron chi connectivity index (χ4n) is 2.87. The van der Waals surface area contributed by atoms with Crippen molar-refractivity contribution in [2.45, 2.75) is 51.3 Å². The maximum Gasteiger partial charge on any atom is 0.407 e. The minimum absolute atomic E-state index is 0.260. The Bertz CT molecular complexity index is 356. The van der Waals surface area contributed by atoms with E-state index in [0.717, 1.165) is 25.9 Å². The van der Waals surface area contributed by atoms with Crippen LogP contribution in [0.4, 0.5) is 4.79 Å². The Morgan fingerprint density at radius 1 is 1.14 bits per heavy atom. The van der Waals surface area contributed by atoms with Crippen LogP contribution in [0, 0.1) is 0 Å². The first kappa shape index (κ1) is 17.5. The molecule has 2 rings (SSSR count). The van der Waals surface area contributed by atoms with Gasteiger partial charge in [-0.2, -0.15) is 0 Å². The van der Waals surface area contributed by atoms with Gasteiger partial charge in [0.15, 0.2) is 0 Å². The number of alkyl carbamates (subject to hydrolysis) is 1. The van der Waals surface area contributed by atoms with E-state index < -0.39 is 5.60 Å². The van der Waals surface area contributed by atoms with E-state index >= 15 is 0 Å². The van der Waals surface area contributed by atoms with Crippen molar-refractivity contribution in [3.8, 4) is 0 Å². The van der Waals surface area contributed by atoms with E-state index in [9.17, 15) is 4.79 Å². The van der Waals surface area contributed by atoms with E-state index in [-0.39, 0.29) is 12.1 Å². The molecule has 0 aromatic heterocycles. The monoisotopic (exact) mass is 312 g/mol. The molecule has 0 unspecified atom stereocenters. The van der Waals surface area contributed by atoms with Gasteiger partial charge in [0.2, 0.25) is 0 Å². The maximum atomic E-state index is 11.7. The van der Waals surface area contributed by atoms with Crippen molar-refractivity contribution >= 4 is 6.09 Å². The van der Waals surface area contributed by atoms with Crippen molar-refractivity contribution in [1.29, 1.82) is 0 Å². The fourth-order valence-corrected chi connectivity index (χ4v) is 2.87. The molecule has 2 fully saturated rings. The molecule has 0 spiro atoms. The Labute approximate surface area is 134 Å². The van der Waals surface area contributed by atoms with Crippen LogP contribution in [0.1, 0.15) is 33.6 Å². The lowest BCUT2D eigenvalue weighted by Crippen LogP contribution is -2.54. The van der Waals surface area contributed by atoms with Crippen LogP contribution in [0.2, 0.25) is 0 Å². The van der Waals surface area contributed by atoms with Gasteiger partial charge in [-0.25, -0.2) is 4.79 Å². The van der Waals surface area contributed by atoms with Crippen LogP contribution in [0.15, 0.2) is 0 Å². The summed E-state index contributed by atoms with van der Waals surface area (Å²) in [6.07, 6.45) is 1.71.